The molecule has 1 heterocycles. The predicted octanol–water partition coefficient (Wildman–Crippen LogP) is 2.93. The van der Waals surface area contributed by atoms with Crippen LogP contribution in [0.1, 0.15) is 22.8 Å². The van der Waals surface area contributed by atoms with Crippen molar-refractivity contribution in [3.63, 3.8) is 0 Å². The number of halogens is 6. The maximum atomic E-state index is 13.0. The molecule has 5 nitrogen and oxygen atoms in total. The minimum absolute atomic E-state index is 0. The van der Waals surface area contributed by atoms with Gasteiger partial charge in [-0.3, -0.25) is 4.79 Å². The van der Waals surface area contributed by atoms with E-state index in [1.807, 2.05) is 0 Å². The molecule has 1 aromatic carbocycles. The molecule has 0 spiro atoms. The maximum absolute atomic E-state index is 13.0. The van der Waals surface area contributed by atoms with Crippen LogP contribution in [0.2, 0.25) is 0 Å². The van der Waals surface area contributed by atoms with Crippen molar-refractivity contribution in [1.82, 2.24) is 0 Å². The van der Waals surface area contributed by atoms with Crippen LogP contribution in [0.15, 0.2) is 17.7 Å². The number of hydrogen-bond acceptors (Lipinski definition) is 4. The molecule has 0 amide bonds. The Morgan fingerprint density at radius 1 is 1.15 bits per heavy atom. The third-order valence-corrected chi connectivity index (χ3v) is 3.08. The zero-order valence-electron chi connectivity index (χ0n) is 12.2. The summed E-state index contributed by atoms with van der Waals surface area (Å²) in [6.07, 6.45) is -12.6. The van der Waals surface area contributed by atoms with E-state index in [4.69, 9.17) is 5.11 Å². The molecular weight excluding hydrogens is 385 g/mol. The molecule has 0 aromatic heterocycles. The Hall–Kier alpha value is -1.72. The van der Waals surface area contributed by atoms with E-state index in [1.54, 1.807) is 0 Å². The minimum atomic E-state index is -5.12. The van der Waals surface area contributed by atoms with Gasteiger partial charge in [0.25, 0.3) is 0 Å². The number of fused-ring (bicyclic) bond motifs is 1. The molecular formula is C14H9F6NaO5. The van der Waals surface area contributed by atoms with Crippen molar-refractivity contribution in [2.45, 2.75) is 25.6 Å². The van der Waals surface area contributed by atoms with Gasteiger partial charge in [0, 0.05) is 5.56 Å². The molecule has 0 saturated heterocycles. The summed E-state index contributed by atoms with van der Waals surface area (Å²) < 4.78 is 84.2. The van der Waals surface area contributed by atoms with Gasteiger partial charge in [-0.25, -0.2) is 4.79 Å². The molecule has 138 valence electrons. The average Bonchev–Trinajstić information content (AvgIpc) is 2.41. The molecule has 1 aliphatic heterocycles. The molecule has 1 aromatic rings. The number of ketones is 1. The zero-order chi connectivity index (χ0) is 19.2. The summed E-state index contributed by atoms with van der Waals surface area (Å²) in [6, 6.07) is 1.20. The number of ether oxygens (including phenoxy) is 2. The summed E-state index contributed by atoms with van der Waals surface area (Å²) in [5.41, 5.74) is -2.30. The van der Waals surface area contributed by atoms with Crippen LogP contribution < -0.4 is 9.47 Å². The third-order valence-electron chi connectivity index (χ3n) is 3.08. The molecule has 1 aliphatic rings. The van der Waals surface area contributed by atoms with Crippen LogP contribution >= 0.6 is 0 Å². The van der Waals surface area contributed by atoms with Crippen LogP contribution in [0.25, 0.3) is 6.08 Å². The molecule has 0 aliphatic carbocycles. The Morgan fingerprint density at radius 3 is 2.15 bits per heavy atom. The number of aliphatic carboxylic acids is 1. The van der Waals surface area contributed by atoms with Crippen molar-refractivity contribution in [3.05, 3.63) is 28.8 Å². The van der Waals surface area contributed by atoms with Crippen molar-refractivity contribution >= 4 is 47.4 Å². The van der Waals surface area contributed by atoms with Crippen molar-refractivity contribution in [1.29, 1.82) is 0 Å². The van der Waals surface area contributed by atoms with E-state index in [9.17, 15) is 35.9 Å². The molecule has 1 atom stereocenters. The van der Waals surface area contributed by atoms with E-state index in [2.05, 4.69) is 9.47 Å². The summed E-state index contributed by atoms with van der Waals surface area (Å²) >= 11 is 0. The number of Topliss-reactive ketones (excluding diaryl/α,β-unsaturated/α-hetero) is 1. The van der Waals surface area contributed by atoms with Crippen LogP contribution in [0.4, 0.5) is 26.3 Å². The Morgan fingerprint density at radius 2 is 1.73 bits per heavy atom. The first-order valence-corrected chi connectivity index (χ1v) is 6.42. The molecule has 26 heavy (non-hydrogen) atoms. The number of benzene rings is 1. The summed E-state index contributed by atoms with van der Waals surface area (Å²) in [6.45, 7) is 0.898. The van der Waals surface area contributed by atoms with Gasteiger partial charge in [-0.15, -0.1) is 13.2 Å². The van der Waals surface area contributed by atoms with Crippen molar-refractivity contribution in [2.75, 3.05) is 0 Å². The van der Waals surface area contributed by atoms with Crippen molar-refractivity contribution < 1.29 is 50.5 Å². The molecule has 1 N–H and O–H groups in total. The summed E-state index contributed by atoms with van der Waals surface area (Å²) in [4.78, 5) is 22.6. The second-order valence-corrected chi connectivity index (χ2v) is 4.94. The van der Waals surface area contributed by atoms with Crippen LogP contribution in [0, 0.1) is 0 Å². The van der Waals surface area contributed by atoms with Crippen molar-refractivity contribution in [2.24, 2.45) is 0 Å². The first kappa shape index (κ1) is 22.3. The van der Waals surface area contributed by atoms with Crippen LogP contribution in [-0.4, -0.2) is 65.1 Å². The van der Waals surface area contributed by atoms with Crippen molar-refractivity contribution in [3.8, 4) is 11.5 Å². The number of carbonyl (C=O) groups is 2. The van der Waals surface area contributed by atoms with E-state index < -0.39 is 58.6 Å². The van der Waals surface area contributed by atoms with Gasteiger partial charge in [-0.1, -0.05) is 0 Å². The summed E-state index contributed by atoms with van der Waals surface area (Å²) in [5.74, 6) is -4.43. The fourth-order valence-electron chi connectivity index (χ4n) is 2.16. The van der Waals surface area contributed by atoms with Gasteiger partial charge in [-0.05, 0) is 25.1 Å². The second-order valence-electron chi connectivity index (χ2n) is 4.94. The SMILES string of the molecule is CC(=O)c1cc(OC(F)(F)F)cc2c1OC(C(F)(F)F)C(C(=O)O)=C2.[NaH]. The first-order chi connectivity index (χ1) is 11.3. The number of alkyl halides is 6. The van der Waals surface area contributed by atoms with Crippen LogP contribution in [0.5, 0.6) is 11.5 Å². The number of hydrogen-bond donors (Lipinski definition) is 1. The van der Waals surface area contributed by atoms with Gasteiger partial charge in [0.2, 0.25) is 6.10 Å². The molecule has 12 heteroatoms. The number of carboxylic acid groups (broad SMARTS) is 1. The quantitative estimate of drug-likeness (QED) is 0.485. The standard InChI is InChI=1S/C14H8F6O5.Na.H/c1-5(21)8-4-7(25-14(18,19)20)2-6-3-9(12(22)23)11(13(15,16)17)24-10(6)8;;/h2-4,11H,1H3,(H,22,23);;. The topological polar surface area (TPSA) is 72.8 Å². The molecule has 1 unspecified atom stereocenters. The van der Waals surface area contributed by atoms with Gasteiger partial charge >= 0.3 is 48.1 Å². The molecule has 2 rings (SSSR count). The van der Waals surface area contributed by atoms with E-state index in [-0.39, 0.29) is 29.6 Å². The van der Waals surface area contributed by atoms with E-state index in [0.717, 1.165) is 6.92 Å². The molecule has 0 saturated carbocycles. The Labute approximate surface area is 163 Å². The van der Waals surface area contributed by atoms with Gasteiger partial charge in [-0.2, -0.15) is 13.2 Å². The van der Waals surface area contributed by atoms with E-state index in [1.165, 1.54) is 0 Å². The zero-order valence-corrected chi connectivity index (χ0v) is 12.2. The summed E-state index contributed by atoms with van der Waals surface area (Å²) in [7, 11) is 0. The normalized spacial score (nSPS) is 16.6. The number of carboxylic acids is 1. The fraction of sp³-hybridized carbons (Fsp3) is 0.286. The monoisotopic (exact) mass is 394 g/mol. The summed E-state index contributed by atoms with van der Waals surface area (Å²) in [5, 5.41) is 8.91. The number of carbonyl (C=O) groups excluding carboxylic acids is 1. The predicted molar refractivity (Wildman–Crippen MR) is 76.4 cm³/mol. The Balaban J connectivity index is 0.00000338. The molecule has 0 bridgehead atoms. The van der Waals surface area contributed by atoms with Gasteiger partial charge in [0.1, 0.15) is 11.5 Å². The van der Waals surface area contributed by atoms with Crippen LogP contribution in [-0.2, 0) is 4.79 Å². The molecule has 0 fully saturated rings. The molecule has 0 radical (unpaired) electrons. The number of rotatable bonds is 3. The van der Waals surface area contributed by atoms with Gasteiger partial charge in [0.05, 0.1) is 11.1 Å². The second kappa shape index (κ2) is 7.49. The Bertz CT molecular complexity index is 768. The van der Waals surface area contributed by atoms with Gasteiger partial charge in [0.15, 0.2) is 5.78 Å². The van der Waals surface area contributed by atoms with Crippen LogP contribution in [0.3, 0.4) is 0 Å². The van der Waals surface area contributed by atoms with E-state index >= 15 is 0 Å². The van der Waals surface area contributed by atoms with Gasteiger partial charge < -0.3 is 14.6 Å². The first-order valence-electron chi connectivity index (χ1n) is 6.42. The average molecular weight is 394 g/mol. The van der Waals surface area contributed by atoms with E-state index in [0.29, 0.717) is 18.2 Å². The third kappa shape index (κ3) is 4.92. The Kier molecular flexibility index (Phi) is 6.43. The fourth-order valence-corrected chi connectivity index (χ4v) is 2.16.